The molecule has 0 aliphatic carbocycles. The van der Waals surface area contributed by atoms with Gasteiger partial charge in [0, 0.05) is 11.7 Å². The Morgan fingerprint density at radius 1 is 1.23 bits per heavy atom. The van der Waals surface area contributed by atoms with E-state index < -0.39 is 0 Å². The number of carbonyl (C=O) groups is 1. The summed E-state index contributed by atoms with van der Waals surface area (Å²) in [6.07, 6.45) is 0. The van der Waals surface area contributed by atoms with Gasteiger partial charge < -0.3 is 5.32 Å². The van der Waals surface area contributed by atoms with Crippen LogP contribution in [0.4, 0.5) is 5.69 Å². The summed E-state index contributed by atoms with van der Waals surface area (Å²) in [5.74, 6) is 1.10. The van der Waals surface area contributed by atoms with Crippen LogP contribution in [-0.2, 0) is 4.79 Å². The molecule has 2 aromatic heterocycles. The first kappa shape index (κ1) is 18.7. The number of hydrogen-bond acceptors (Lipinski definition) is 5. The third kappa shape index (κ3) is 4.34. The number of nitrogens with one attached hydrogen (secondary N) is 1. The Morgan fingerprint density at radius 2 is 1.96 bits per heavy atom. The quantitative estimate of drug-likeness (QED) is 0.610. The van der Waals surface area contributed by atoms with E-state index in [-0.39, 0.29) is 11.9 Å². The van der Waals surface area contributed by atoms with E-state index in [1.54, 1.807) is 11.3 Å². The molecular weight excluding hydrogens is 364 g/mol. The maximum Gasteiger partial charge on any atom is 0.234 e. The molecule has 136 valence electrons. The van der Waals surface area contributed by atoms with Crippen molar-refractivity contribution in [3.8, 4) is 10.7 Å². The van der Waals surface area contributed by atoms with Crippen LogP contribution in [0.2, 0.25) is 0 Å². The number of thiophene rings is 1. The minimum atomic E-state index is -0.0454. The molecule has 1 N–H and O–H groups in total. The van der Waals surface area contributed by atoms with Gasteiger partial charge >= 0.3 is 0 Å². The first-order chi connectivity index (χ1) is 12.4. The van der Waals surface area contributed by atoms with Crippen LogP contribution in [0.25, 0.3) is 10.7 Å². The van der Waals surface area contributed by atoms with Crippen LogP contribution in [0, 0.1) is 13.8 Å². The molecule has 0 bridgehead atoms. The van der Waals surface area contributed by atoms with Crippen molar-refractivity contribution in [1.82, 2.24) is 14.8 Å². The van der Waals surface area contributed by atoms with Crippen LogP contribution < -0.4 is 5.32 Å². The predicted octanol–water partition coefficient (Wildman–Crippen LogP) is 4.94. The molecule has 0 radical (unpaired) electrons. The zero-order valence-corrected chi connectivity index (χ0v) is 16.9. The summed E-state index contributed by atoms with van der Waals surface area (Å²) in [4.78, 5) is 13.4. The minimum absolute atomic E-state index is 0.0454. The number of anilines is 1. The van der Waals surface area contributed by atoms with E-state index in [1.807, 2.05) is 43.5 Å². The van der Waals surface area contributed by atoms with Gasteiger partial charge in [0.2, 0.25) is 5.91 Å². The van der Waals surface area contributed by atoms with Crippen molar-refractivity contribution in [2.45, 2.75) is 38.9 Å². The van der Waals surface area contributed by atoms with Crippen molar-refractivity contribution in [1.29, 1.82) is 0 Å². The van der Waals surface area contributed by atoms with Gasteiger partial charge in [-0.1, -0.05) is 23.9 Å². The van der Waals surface area contributed by atoms with E-state index in [1.165, 1.54) is 11.8 Å². The van der Waals surface area contributed by atoms with Crippen LogP contribution >= 0.6 is 23.1 Å². The number of amides is 1. The first-order valence-electron chi connectivity index (χ1n) is 8.44. The van der Waals surface area contributed by atoms with E-state index in [9.17, 15) is 4.79 Å². The minimum Gasteiger partial charge on any atom is -0.325 e. The number of carbonyl (C=O) groups excluding carboxylic acids is 1. The molecule has 0 unspecified atom stereocenters. The topological polar surface area (TPSA) is 59.8 Å². The van der Waals surface area contributed by atoms with Crippen molar-refractivity contribution in [2.24, 2.45) is 0 Å². The lowest BCUT2D eigenvalue weighted by molar-refractivity contribution is -0.113. The SMILES string of the molecule is Cc1cc(C)cc(NC(=O)CSc2nnc(-c3cccs3)n2C(C)C)c1. The molecule has 1 amide bonds. The van der Waals surface area contributed by atoms with Crippen LogP contribution in [0.1, 0.15) is 31.0 Å². The molecule has 7 heteroatoms. The molecule has 2 heterocycles. The van der Waals surface area contributed by atoms with Crippen LogP contribution in [0.15, 0.2) is 40.9 Å². The molecule has 5 nitrogen and oxygen atoms in total. The molecule has 0 saturated heterocycles. The molecule has 0 atom stereocenters. The molecule has 1 aromatic carbocycles. The van der Waals surface area contributed by atoms with Gasteiger partial charge in [0.05, 0.1) is 10.6 Å². The van der Waals surface area contributed by atoms with E-state index >= 15 is 0 Å². The van der Waals surface area contributed by atoms with Crippen LogP contribution in [0.5, 0.6) is 0 Å². The monoisotopic (exact) mass is 386 g/mol. The van der Waals surface area contributed by atoms with Crippen molar-refractivity contribution in [3.63, 3.8) is 0 Å². The van der Waals surface area contributed by atoms with Crippen molar-refractivity contribution >= 4 is 34.7 Å². The van der Waals surface area contributed by atoms with E-state index in [4.69, 9.17) is 0 Å². The third-order valence-corrected chi connectivity index (χ3v) is 5.57. The van der Waals surface area contributed by atoms with Gasteiger partial charge in [-0.05, 0) is 62.4 Å². The Bertz CT molecular complexity index is 880. The van der Waals surface area contributed by atoms with Gasteiger partial charge in [-0.15, -0.1) is 21.5 Å². The number of aromatic nitrogens is 3. The van der Waals surface area contributed by atoms with Gasteiger partial charge in [0.15, 0.2) is 11.0 Å². The summed E-state index contributed by atoms with van der Waals surface area (Å²) in [6, 6.07) is 10.3. The highest BCUT2D eigenvalue weighted by atomic mass is 32.2. The molecule has 26 heavy (non-hydrogen) atoms. The number of rotatable bonds is 6. The molecule has 3 rings (SSSR count). The van der Waals surface area contributed by atoms with Gasteiger partial charge in [-0.25, -0.2) is 0 Å². The zero-order valence-electron chi connectivity index (χ0n) is 15.3. The summed E-state index contributed by atoms with van der Waals surface area (Å²) in [6.45, 7) is 8.24. The van der Waals surface area contributed by atoms with Gasteiger partial charge in [0.1, 0.15) is 0 Å². The fourth-order valence-electron chi connectivity index (χ4n) is 2.79. The standard InChI is InChI=1S/C19H22N4OS2/c1-12(2)23-18(16-6-5-7-25-16)21-22-19(23)26-11-17(24)20-15-9-13(3)8-14(4)10-15/h5-10,12H,11H2,1-4H3,(H,20,24). The smallest absolute Gasteiger partial charge is 0.234 e. The summed E-state index contributed by atoms with van der Waals surface area (Å²) in [7, 11) is 0. The number of benzene rings is 1. The van der Waals surface area contributed by atoms with Crippen molar-refractivity contribution < 1.29 is 4.79 Å². The fraction of sp³-hybridized carbons (Fsp3) is 0.316. The fourth-order valence-corrected chi connectivity index (χ4v) is 4.36. The largest absolute Gasteiger partial charge is 0.325 e. The molecule has 0 spiro atoms. The maximum absolute atomic E-state index is 12.3. The number of aryl methyl sites for hydroxylation is 2. The highest BCUT2D eigenvalue weighted by molar-refractivity contribution is 7.99. The van der Waals surface area contributed by atoms with Crippen molar-refractivity contribution in [3.05, 3.63) is 46.8 Å². The van der Waals surface area contributed by atoms with Gasteiger partial charge in [0.25, 0.3) is 0 Å². The molecule has 0 aliphatic rings. The second kappa shape index (κ2) is 8.05. The highest BCUT2D eigenvalue weighted by Crippen LogP contribution is 2.30. The van der Waals surface area contributed by atoms with Crippen LogP contribution in [-0.4, -0.2) is 26.4 Å². The summed E-state index contributed by atoms with van der Waals surface area (Å²) >= 11 is 3.05. The second-order valence-corrected chi connectivity index (χ2v) is 8.35. The summed E-state index contributed by atoms with van der Waals surface area (Å²) < 4.78 is 2.08. The average molecular weight is 387 g/mol. The molecular formula is C19H22N4OS2. The molecule has 0 aliphatic heterocycles. The summed E-state index contributed by atoms with van der Waals surface area (Å²) in [5.41, 5.74) is 3.10. The average Bonchev–Trinajstić information content (AvgIpc) is 3.21. The Kier molecular flexibility index (Phi) is 5.78. The Labute approximate surface area is 161 Å². The first-order valence-corrected chi connectivity index (χ1v) is 10.3. The number of thioether (sulfide) groups is 1. The van der Waals surface area contributed by atoms with Gasteiger partial charge in [-0.2, -0.15) is 0 Å². The lowest BCUT2D eigenvalue weighted by atomic mass is 10.1. The number of nitrogens with zero attached hydrogens (tertiary/aromatic N) is 3. The normalized spacial score (nSPS) is 11.1. The molecule has 0 saturated carbocycles. The predicted molar refractivity (Wildman–Crippen MR) is 109 cm³/mol. The molecule has 0 fully saturated rings. The lowest BCUT2D eigenvalue weighted by Crippen LogP contribution is -2.15. The van der Waals surface area contributed by atoms with E-state index in [0.717, 1.165) is 32.7 Å². The van der Waals surface area contributed by atoms with E-state index in [2.05, 4.69) is 40.0 Å². The third-order valence-electron chi connectivity index (χ3n) is 3.76. The Hall–Kier alpha value is -2.12. The maximum atomic E-state index is 12.3. The zero-order chi connectivity index (χ0) is 18.7. The molecule has 3 aromatic rings. The highest BCUT2D eigenvalue weighted by Gasteiger charge is 2.18. The Balaban J connectivity index is 1.70. The van der Waals surface area contributed by atoms with Gasteiger partial charge in [-0.3, -0.25) is 9.36 Å². The van der Waals surface area contributed by atoms with Crippen LogP contribution in [0.3, 0.4) is 0 Å². The van der Waals surface area contributed by atoms with Crippen molar-refractivity contribution in [2.75, 3.05) is 11.1 Å². The number of hydrogen-bond donors (Lipinski definition) is 1. The lowest BCUT2D eigenvalue weighted by Gasteiger charge is -2.13. The Morgan fingerprint density at radius 3 is 2.58 bits per heavy atom. The van der Waals surface area contributed by atoms with E-state index in [0.29, 0.717) is 5.75 Å². The summed E-state index contributed by atoms with van der Waals surface area (Å²) in [5, 5.41) is 14.4. The second-order valence-electron chi connectivity index (χ2n) is 6.46.